The summed E-state index contributed by atoms with van der Waals surface area (Å²) in [5.74, 6) is 0. The van der Waals surface area contributed by atoms with E-state index in [0.29, 0.717) is 6.04 Å². The van der Waals surface area contributed by atoms with Gasteiger partial charge in [-0.15, -0.1) is 11.3 Å². The van der Waals surface area contributed by atoms with Crippen molar-refractivity contribution in [2.75, 3.05) is 0 Å². The van der Waals surface area contributed by atoms with Crippen LogP contribution in [0.4, 0.5) is 0 Å². The lowest BCUT2D eigenvalue weighted by Gasteiger charge is -2.33. The zero-order chi connectivity index (χ0) is 14.6. The van der Waals surface area contributed by atoms with Gasteiger partial charge in [0, 0.05) is 10.9 Å². The van der Waals surface area contributed by atoms with Gasteiger partial charge in [0.2, 0.25) is 0 Å². The van der Waals surface area contributed by atoms with Gasteiger partial charge in [-0.1, -0.05) is 46.1 Å². The first-order chi connectivity index (χ1) is 9.47. The van der Waals surface area contributed by atoms with Crippen molar-refractivity contribution in [3.8, 4) is 0 Å². The molecule has 0 bridgehead atoms. The SMILES string of the molecule is CC(C)(C)C(NC(=S)NC1CCCCC1)c1cccs1. The molecule has 2 N–H and O–H groups in total. The molecule has 1 saturated carbocycles. The fourth-order valence-electron chi connectivity index (χ4n) is 2.78. The summed E-state index contributed by atoms with van der Waals surface area (Å²) in [5.41, 5.74) is 0.142. The summed E-state index contributed by atoms with van der Waals surface area (Å²) in [5, 5.41) is 9.99. The normalized spacial score (nSPS) is 18.6. The van der Waals surface area contributed by atoms with Crippen molar-refractivity contribution in [1.82, 2.24) is 10.6 Å². The maximum absolute atomic E-state index is 5.54. The first kappa shape index (κ1) is 15.8. The van der Waals surface area contributed by atoms with E-state index in [0.717, 1.165) is 5.11 Å². The lowest BCUT2D eigenvalue weighted by atomic mass is 9.86. The fraction of sp³-hybridized carbons (Fsp3) is 0.688. The van der Waals surface area contributed by atoms with Crippen molar-refractivity contribution in [2.24, 2.45) is 5.41 Å². The number of hydrogen-bond acceptors (Lipinski definition) is 2. The lowest BCUT2D eigenvalue weighted by molar-refractivity contribution is 0.303. The Bertz CT molecular complexity index is 414. The van der Waals surface area contributed by atoms with Crippen molar-refractivity contribution in [3.63, 3.8) is 0 Å². The first-order valence-corrected chi connectivity index (χ1v) is 8.86. The van der Waals surface area contributed by atoms with Crippen molar-refractivity contribution in [2.45, 2.75) is 65.0 Å². The van der Waals surface area contributed by atoms with Gasteiger partial charge in [0.25, 0.3) is 0 Å². The molecule has 0 radical (unpaired) electrons. The minimum absolute atomic E-state index is 0.142. The summed E-state index contributed by atoms with van der Waals surface area (Å²) in [7, 11) is 0. The Balaban J connectivity index is 1.95. The molecule has 1 atom stereocenters. The molecule has 112 valence electrons. The van der Waals surface area contributed by atoms with Crippen LogP contribution in [-0.4, -0.2) is 11.2 Å². The predicted octanol–water partition coefficient (Wildman–Crippen LogP) is 4.63. The molecule has 2 nitrogen and oxygen atoms in total. The van der Waals surface area contributed by atoms with Crippen LogP contribution >= 0.6 is 23.6 Å². The smallest absolute Gasteiger partial charge is 0.167 e. The maximum atomic E-state index is 5.54. The Morgan fingerprint density at radius 3 is 2.55 bits per heavy atom. The van der Waals surface area contributed by atoms with Gasteiger partial charge in [-0.2, -0.15) is 0 Å². The van der Waals surface area contributed by atoms with Crippen molar-refractivity contribution < 1.29 is 0 Å². The molecular weight excluding hydrogens is 284 g/mol. The van der Waals surface area contributed by atoms with E-state index in [1.807, 2.05) is 0 Å². The minimum atomic E-state index is 0.142. The second kappa shape index (κ2) is 6.90. The summed E-state index contributed by atoms with van der Waals surface area (Å²) in [4.78, 5) is 1.35. The van der Waals surface area contributed by atoms with Gasteiger partial charge in [-0.3, -0.25) is 0 Å². The monoisotopic (exact) mass is 310 g/mol. The highest BCUT2D eigenvalue weighted by atomic mass is 32.1. The number of rotatable bonds is 3. The average molecular weight is 311 g/mol. The summed E-state index contributed by atoms with van der Waals surface area (Å²) in [6.45, 7) is 6.77. The third-order valence-electron chi connectivity index (χ3n) is 3.91. The van der Waals surface area contributed by atoms with Gasteiger partial charge in [-0.05, 0) is 41.9 Å². The Kier molecular flexibility index (Phi) is 5.44. The van der Waals surface area contributed by atoms with E-state index in [4.69, 9.17) is 12.2 Å². The van der Waals surface area contributed by atoms with E-state index in [1.165, 1.54) is 37.0 Å². The Hall–Kier alpha value is -0.610. The molecule has 1 fully saturated rings. The molecule has 1 heterocycles. The Morgan fingerprint density at radius 2 is 2.00 bits per heavy atom. The first-order valence-electron chi connectivity index (χ1n) is 7.57. The molecule has 0 spiro atoms. The molecule has 20 heavy (non-hydrogen) atoms. The van der Waals surface area contributed by atoms with Gasteiger partial charge in [0.1, 0.15) is 0 Å². The molecule has 1 aromatic rings. The zero-order valence-electron chi connectivity index (χ0n) is 12.7. The van der Waals surface area contributed by atoms with Gasteiger partial charge in [0.05, 0.1) is 6.04 Å². The van der Waals surface area contributed by atoms with Gasteiger partial charge < -0.3 is 10.6 Å². The molecule has 0 aliphatic heterocycles. The minimum Gasteiger partial charge on any atom is -0.360 e. The van der Waals surface area contributed by atoms with Crippen LogP contribution in [0.1, 0.15) is 63.8 Å². The van der Waals surface area contributed by atoms with Crippen LogP contribution < -0.4 is 10.6 Å². The Morgan fingerprint density at radius 1 is 1.30 bits per heavy atom. The van der Waals surface area contributed by atoms with Crippen molar-refractivity contribution in [3.05, 3.63) is 22.4 Å². The van der Waals surface area contributed by atoms with Crippen LogP contribution in [0.15, 0.2) is 17.5 Å². The molecule has 1 aliphatic rings. The van der Waals surface area contributed by atoms with Crippen LogP contribution in [-0.2, 0) is 0 Å². The topological polar surface area (TPSA) is 24.1 Å². The number of hydrogen-bond donors (Lipinski definition) is 2. The molecule has 1 aromatic heterocycles. The van der Waals surface area contributed by atoms with Gasteiger partial charge in [0.15, 0.2) is 5.11 Å². The summed E-state index contributed by atoms with van der Waals surface area (Å²) in [6.07, 6.45) is 6.53. The lowest BCUT2D eigenvalue weighted by Crippen LogP contribution is -2.46. The van der Waals surface area contributed by atoms with E-state index in [1.54, 1.807) is 11.3 Å². The highest BCUT2D eigenvalue weighted by molar-refractivity contribution is 7.80. The molecule has 0 saturated heterocycles. The number of nitrogens with one attached hydrogen (secondary N) is 2. The summed E-state index contributed by atoms with van der Waals surface area (Å²) in [6, 6.07) is 5.13. The fourth-order valence-corrected chi connectivity index (χ4v) is 4.08. The predicted molar refractivity (Wildman–Crippen MR) is 92.3 cm³/mol. The van der Waals surface area contributed by atoms with Crippen LogP contribution in [0.3, 0.4) is 0 Å². The molecule has 2 rings (SSSR count). The summed E-state index contributed by atoms with van der Waals surface area (Å²) >= 11 is 7.33. The molecule has 1 aliphatic carbocycles. The quantitative estimate of drug-likeness (QED) is 0.796. The Labute approximate surface area is 132 Å². The second-order valence-corrected chi connectivity index (χ2v) is 8.15. The van der Waals surface area contributed by atoms with Gasteiger partial charge in [-0.25, -0.2) is 0 Å². The average Bonchev–Trinajstić information content (AvgIpc) is 2.89. The van der Waals surface area contributed by atoms with E-state index < -0.39 is 0 Å². The van der Waals surface area contributed by atoms with E-state index >= 15 is 0 Å². The zero-order valence-corrected chi connectivity index (χ0v) is 14.4. The van der Waals surface area contributed by atoms with Crippen LogP contribution in [0.25, 0.3) is 0 Å². The third kappa shape index (κ3) is 4.45. The highest BCUT2D eigenvalue weighted by Gasteiger charge is 2.28. The van der Waals surface area contributed by atoms with Crippen molar-refractivity contribution in [1.29, 1.82) is 0 Å². The maximum Gasteiger partial charge on any atom is 0.167 e. The summed E-state index contributed by atoms with van der Waals surface area (Å²) < 4.78 is 0. The third-order valence-corrected chi connectivity index (χ3v) is 5.08. The van der Waals surface area contributed by atoms with Crippen LogP contribution in [0.2, 0.25) is 0 Å². The highest BCUT2D eigenvalue weighted by Crippen LogP contribution is 2.35. The van der Waals surface area contributed by atoms with Gasteiger partial charge >= 0.3 is 0 Å². The second-order valence-electron chi connectivity index (χ2n) is 6.77. The van der Waals surface area contributed by atoms with E-state index in [9.17, 15) is 0 Å². The number of thiophene rings is 1. The van der Waals surface area contributed by atoms with Crippen molar-refractivity contribution >= 4 is 28.7 Å². The molecular formula is C16H26N2S2. The van der Waals surface area contributed by atoms with E-state index in [-0.39, 0.29) is 11.5 Å². The molecule has 1 unspecified atom stereocenters. The van der Waals surface area contributed by atoms with Crippen LogP contribution in [0, 0.1) is 5.41 Å². The largest absolute Gasteiger partial charge is 0.360 e. The number of thiocarbonyl (C=S) groups is 1. The van der Waals surface area contributed by atoms with E-state index in [2.05, 4.69) is 48.9 Å². The molecule has 0 amide bonds. The van der Waals surface area contributed by atoms with Crippen LogP contribution in [0.5, 0.6) is 0 Å². The standard InChI is InChI=1S/C16H26N2S2/c1-16(2,3)14(13-10-7-11-20-13)18-15(19)17-12-8-5-4-6-9-12/h7,10-12,14H,4-6,8-9H2,1-3H3,(H2,17,18,19). The molecule has 4 heteroatoms. The molecule has 0 aromatic carbocycles.